The second kappa shape index (κ2) is 8.70. The summed E-state index contributed by atoms with van der Waals surface area (Å²) in [5.41, 5.74) is 1.27. The number of anilines is 1. The van der Waals surface area contributed by atoms with E-state index in [-0.39, 0.29) is 17.3 Å². The molecule has 0 unspecified atom stereocenters. The first-order valence-corrected chi connectivity index (χ1v) is 10.8. The Morgan fingerprint density at radius 1 is 1.31 bits per heavy atom. The fourth-order valence-corrected chi connectivity index (χ4v) is 5.24. The molecule has 1 aliphatic heterocycles. The Hall–Kier alpha value is -2.14. The van der Waals surface area contributed by atoms with Crippen molar-refractivity contribution in [3.8, 4) is 5.75 Å². The molecule has 1 aromatic heterocycles. The third-order valence-electron chi connectivity index (χ3n) is 4.61. The fraction of sp³-hybridized carbons (Fsp3) is 0.444. The summed E-state index contributed by atoms with van der Waals surface area (Å²) >= 11 is 6.07. The van der Waals surface area contributed by atoms with Gasteiger partial charge in [-0.15, -0.1) is 0 Å². The smallest absolute Gasteiger partial charge is 0.246 e. The van der Waals surface area contributed by atoms with Crippen molar-refractivity contribution in [2.75, 3.05) is 38.7 Å². The third-order valence-corrected chi connectivity index (χ3v) is 7.06. The van der Waals surface area contributed by atoms with Gasteiger partial charge in [0.15, 0.2) is 0 Å². The number of sulfonamides is 1. The quantitative estimate of drug-likeness (QED) is 0.732. The number of hydrogen-bond acceptors (Lipinski definition) is 6. The number of aryl methyl sites for hydroxylation is 1. The Labute approximate surface area is 174 Å². The zero-order valence-corrected chi connectivity index (χ0v) is 18.0. The molecule has 0 spiro atoms. The minimum absolute atomic E-state index is 0.130. The predicted octanol–water partition coefficient (Wildman–Crippen LogP) is 1.82. The van der Waals surface area contributed by atoms with Crippen LogP contribution in [-0.4, -0.2) is 61.8 Å². The van der Waals surface area contributed by atoms with Crippen LogP contribution in [0.3, 0.4) is 0 Å². The molecule has 2 heterocycles. The van der Waals surface area contributed by atoms with E-state index in [9.17, 15) is 13.2 Å². The molecule has 9 nitrogen and oxygen atoms in total. The van der Waals surface area contributed by atoms with Gasteiger partial charge in [0, 0.05) is 18.8 Å². The summed E-state index contributed by atoms with van der Waals surface area (Å²) < 4.78 is 39.1. The number of methoxy groups -OCH3 is 1. The van der Waals surface area contributed by atoms with Crippen molar-refractivity contribution in [1.82, 2.24) is 14.1 Å². The summed E-state index contributed by atoms with van der Waals surface area (Å²) in [7, 11) is -2.20. The lowest BCUT2D eigenvalue weighted by Crippen LogP contribution is -2.41. The number of ether oxygens (including phenoxy) is 2. The number of aromatic nitrogens is 2. The average molecular weight is 443 g/mol. The molecule has 1 saturated heterocycles. The number of carbonyl (C=O) groups is 1. The van der Waals surface area contributed by atoms with Crippen molar-refractivity contribution in [1.29, 1.82) is 0 Å². The molecule has 1 aromatic carbocycles. The molecule has 0 saturated carbocycles. The Morgan fingerprint density at radius 3 is 2.62 bits per heavy atom. The molecule has 158 valence electrons. The molecule has 0 bridgehead atoms. The van der Waals surface area contributed by atoms with E-state index in [1.54, 1.807) is 32.0 Å². The summed E-state index contributed by atoms with van der Waals surface area (Å²) in [6, 6.07) is 4.89. The van der Waals surface area contributed by atoms with E-state index in [0.717, 1.165) is 0 Å². The zero-order chi connectivity index (χ0) is 21.2. The highest BCUT2D eigenvalue weighted by Crippen LogP contribution is 2.27. The molecule has 0 aliphatic carbocycles. The van der Waals surface area contributed by atoms with Crippen molar-refractivity contribution in [3.63, 3.8) is 0 Å². The summed E-state index contributed by atoms with van der Waals surface area (Å²) in [5, 5.41) is 7.37. The van der Waals surface area contributed by atoms with Crippen LogP contribution in [-0.2, 0) is 26.1 Å². The third kappa shape index (κ3) is 4.55. The lowest BCUT2D eigenvalue weighted by Gasteiger charge is -2.26. The maximum atomic E-state index is 13.0. The number of morpholine rings is 1. The van der Waals surface area contributed by atoms with Crippen LogP contribution in [0.1, 0.15) is 11.4 Å². The van der Waals surface area contributed by atoms with Gasteiger partial charge >= 0.3 is 0 Å². The summed E-state index contributed by atoms with van der Waals surface area (Å²) in [6.07, 6.45) is 0. The summed E-state index contributed by atoms with van der Waals surface area (Å²) in [6.45, 7) is 4.45. The number of rotatable bonds is 6. The van der Waals surface area contributed by atoms with Gasteiger partial charge < -0.3 is 14.8 Å². The topological polar surface area (TPSA) is 103 Å². The van der Waals surface area contributed by atoms with Crippen LogP contribution in [0.2, 0.25) is 5.02 Å². The predicted molar refractivity (Wildman–Crippen MR) is 108 cm³/mol. The molecule has 1 aliphatic rings. The van der Waals surface area contributed by atoms with E-state index in [0.29, 0.717) is 54.2 Å². The van der Waals surface area contributed by atoms with Crippen LogP contribution in [0.4, 0.5) is 5.69 Å². The largest absolute Gasteiger partial charge is 0.495 e. The standard InChI is InChI=1S/C18H23ClN4O5S/c1-12-18(29(25,26)22-6-8-28-9-7-22)13(2)23(21-12)11-17(24)20-14-4-5-16(27-3)15(19)10-14/h4-5,10H,6-9,11H2,1-3H3,(H,20,24). The van der Waals surface area contributed by atoms with Crippen LogP contribution < -0.4 is 10.1 Å². The van der Waals surface area contributed by atoms with E-state index >= 15 is 0 Å². The number of carbonyl (C=O) groups excluding carboxylic acids is 1. The van der Waals surface area contributed by atoms with Gasteiger partial charge in [0.1, 0.15) is 17.2 Å². The monoisotopic (exact) mass is 442 g/mol. The van der Waals surface area contributed by atoms with Gasteiger partial charge in [0.05, 0.1) is 36.7 Å². The van der Waals surface area contributed by atoms with Gasteiger partial charge in [-0.05, 0) is 32.0 Å². The average Bonchev–Trinajstić information content (AvgIpc) is 2.96. The molecule has 0 atom stereocenters. The number of benzene rings is 1. The van der Waals surface area contributed by atoms with Crippen molar-refractivity contribution in [2.45, 2.75) is 25.3 Å². The maximum Gasteiger partial charge on any atom is 0.246 e. The Morgan fingerprint density at radius 2 is 2.00 bits per heavy atom. The van der Waals surface area contributed by atoms with Crippen molar-refractivity contribution in [2.24, 2.45) is 0 Å². The summed E-state index contributed by atoms with van der Waals surface area (Å²) in [4.78, 5) is 12.6. The normalized spacial score (nSPS) is 15.3. The van der Waals surface area contributed by atoms with E-state index in [1.807, 2.05) is 0 Å². The van der Waals surface area contributed by atoms with Gasteiger partial charge in [-0.3, -0.25) is 9.48 Å². The molecule has 3 rings (SSSR count). The summed E-state index contributed by atoms with van der Waals surface area (Å²) in [5.74, 6) is 0.147. The van der Waals surface area contributed by atoms with Gasteiger partial charge in [-0.25, -0.2) is 8.42 Å². The van der Waals surface area contributed by atoms with E-state index in [4.69, 9.17) is 21.1 Å². The van der Waals surface area contributed by atoms with E-state index in [1.165, 1.54) is 16.1 Å². The first kappa shape index (κ1) is 21.6. The Balaban J connectivity index is 1.77. The van der Waals surface area contributed by atoms with Crippen LogP contribution in [0.5, 0.6) is 5.75 Å². The van der Waals surface area contributed by atoms with Crippen molar-refractivity contribution < 1.29 is 22.7 Å². The maximum absolute atomic E-state index is 13.0. The van der Waals surface area contributed by atoms with E-state index in [2.05, 4.69) is 10.4 Å². The van der Waals surface area contributed by atoms with Gasteiger partial charge in [0.2, 0.25) is 15.9 Å². The number of hydrogen-bond donors (Lipinski definition) is 1. The van der Waals surface area contributed by atoms with Crippen LogP contribution in [0.15, 0.2) is 23.1 Å². The van der Waals surface area contributed by atoms with Crippen molar-refractivity contribution in [3.05, 3.63) is 34.6 Å². The van der Waals surface area contributed by atoms with E-state index < -0.39 is 10.0 Å². The zero-order valence-electron chi connectivity index (χ0n) is 16.4. The highest BCUT2D eigenvalue weighted by Gasteiger charge is 2.32. The lowest BCUT2D eigenvalue weighted by molar-refractivity contribution is -0.116. The van der Waals surface area contributed by atoms with Crippen LogP contribution in [0, 0.1) is 13.8 Å². The van der Waals surface area contributed by atoms with Gasteiger partial charge in [0.25, 0.3) is 0 Å². The minimum atomic E-state index is -3.70. The number of halogens is 1. The SMILES string of the molecule is COc1ccc(NC(=O)Cn2nc(C)c(S(=O)(=O)N3CCOCC3)c2C)cc1Cl. The minimum Gasteiger partial charge on any atom is -0.495 e. The molecule has 1 fully saturated rings. The second-order valence-corrected chi connectivity index (χ2v) is 8.85. The number of nitrogens with one attached hydrogen (secondary N) is 1. The Bertz CT molecular complexity index is 1020. The highest BCUT2D eigenvalue weighted by molar-refractivity contribution is 7.89. The first-order valence-electron chi connectivity index (χ1n) is 8.99. The molecular weight excluding hydrogens is 420 g/mol. The second-order valence-electron chi connectivity index (χ2n) is 6.57. The fourth-order valence-electron chi connectivity index (χ4n) is 3.20. The molecule has 1 amide bonds. The molecule has 1 N–H and O–H groups in total. The first-order chi connectivity index (χ1) is 13.7. The molecule has 0 radical (unpaired) electrons. The van der Waals surface area contributed by atoms with Crippen LogP contribution in [0.25, 0.3) is 0 Å². The highest BCUT2D eigenvalue weighted by atomic mass is 35.5. The Kier molecular flexibility index (Phi) is 6.47. The number of nitrogens with zero attached hydrogens (tertiary/aromatic N) is 3. The lowest BCUT2D eigenvalue weighted by atomic mass is 10.3. The van der Waals surface area contributed by atoms with Crippen molar-refractivity contribution >= 4 is 33.2 Å². The number of amides is 1. The van der Waals surface area contributed by atoms with Gasteiger partial charge in [-0.1, -0.05) is 11.6 Å². The molecular formula is C18H23ClN4O5S. The van der Waals surface area contributed by atoms with Gasteiger partial charge in [-0.2, -0.15) is 9.40 Å². The molecule has 11 heteroatoms. The molecule has 2 aromatic rings. The molecule has 29 heavy (non-hydrogen) atoms. The van der Waals surface area contributed by atoms with Crippen LogP contribution >= 0.6 is 11.6 Å².